The standard InChI is InChI=1S/C20H23NO6/c1-10-16(12(3)22)11(2)21-18(10)19(23)13(4)27-20(24)17-14(25-5)8-7-9-15(17)26-6/h7-9,13,21H,1-6H3/t13-/m0/s1. The van der Waals surface area contributed by atoms with E-state index in [0.29, 0.717) is 16.8 Å². The molecule has 1 atom stereocenters. The molecular weight excluding hydrogens is 350 g/mol. The minimum atomic E-state index is -1.07. The number of aromatic amines is 1. The Labute approximate surface area is 157 Å². The molecule has 2 aromatic rings. The van der Waals surface area contributed by atoms with Gasteiger partial charge in [0.25, 0.3) is 0 Å². The highest BCUT2D eigenvalue weighted by Crippen LogP contribution is 2.29. The van der Waals surface area contributed by atoms with Gasteiger partial charge in [-0.1, -0.05) is 6.07 Å². The van der Waals surface area contributed by atoms with Gasteiger partial charge in [-0.3, -0.25) is 9.59 Å². The molecule has 0 unspecified atom stereocenters. The Bertz CT molecular complexity index is 874. The number of carbonyl (C=O) groups is 3. The molecule has 0 aliphatic carbocycles. The first-order chi connectivity index (χ1) is 12.7. The van der Waals surface area contributed by atoms with Crippen molar-refractivity contribution in [2.75, 3.05) is 14.2 Å². The average Bonchev–Trinajstić information content (AvgIpc) is 2.94. The molecule has 0 saturated carbocycles. The number of ether oxygens (including phenoxy) is 3. The van der Waals surface area contributed by atoms with Crippen molar-refractivity contribution < 1.29 is 28.6 Å². The monoisotopic (exact) mass is 373 g/mol. The molecule has 0 bridgehead atoms. The van der Waals surface area contributed by atoms with E-state index in [1.807, 2.05) is 0 Å². The van der Waals surface area contributed by atoms with Crippen LogP contribution in [0.4, 0.5) is 0 Å². The number of benzene rings is 1. The van der Waals surface area contributed by atoms with E-state index in [-0.39, 0.29) is 28.5 Å². The van der Waals surface area contributed by atoms with E-state index in [4.69, 9.17) is 14.2 Å². The van der Waals surface area contributed by atoms with Crippen LogP contribution in [0.15, 0.2) is 18.2 Å². The van der Waals surface area contributed by atoms with Crippen LogP contribution >= 0.6 is 0 Å². The number of H-pyrrole nitrogens is 1. The minimum absolute atomic E-state index is 0.103. The van der Waals surface area contributed by atoms with Crippen LogP contribution < -0.4 is 9.47 Å². The summed E-state index contributed by atoms with van der Waals surface area (Å²) in [6.07, 6.45) is -1.07. The third-order valence-corrected chi connectivity index (χ3v) is 4.32. The maximum Gasteiger partial charge on any atom is 0.346 e. The fourth-order valence-electron chi connectivity index (χ4n) is 3.05. The number of aromatic nitrogens is 1. The molecule has 1 N–H and O–H groups in total. The Morgan fingerprint density at radius 1 is 1.00 bits per heavy atom. The highest BCUT2D eigenvalue weighted by Gasteiger charge is 2.28. The summed E-state index contributed by atoms with van der Waals surface area (Å²) in [5.74, 6) is -0.735. The summed E-state index contributed by atoms with van der Waals surface area (Å²) in [6.45, 7) is 6.32. The van der Waals surface area contributed by atoms with E-state index in [1.54, 1.807) is 32.0 Å². The molecule has 0 amide bonds. The van der Waals surface area contributed by atoms with E-state index in [1.165, 1.54) is 28.1 Å². The van der Waals surface area contributed by atoms with Crippen molar-refractivity contribution >= 4 is 17.5 Å². The van der Waals surface area contributed by atoms with E-state index >= 15 is 0 Å². The zero-order valence-electron chi connectivity index (χ0n) is 16.3. The fourth-order valence-corrected chi connectivity index (χ4v) is 3.05. The van der Waals surface area contributed by atoms with E-state index < -0.39 is 17.9 Å². The lowest BCUT2D eigenvalue weighted by atomic mass is 10.0. The molecule has 1 aromatic carbocycles. The highest BCUT2D eigenvalue weighted by molar-refractivity contribution is 6.06. The van der Waals surface area contributed by atoms with Crippen LogP contribution in [0.2, 0.25) is 0 Å². The fraction of sp³-hybridized carbons (Fsp3) is 0.350. The first-order valence-corrected chi connectivity index (χ1v) is 8.39. The summed E-state index contributed by atoms with van der Waals surface area (Å²) in [6, 6.07) is 4.88. The predicted octanol–water partition coefficient (Wildman–Crippen LogP) is 3.28. The van der Waals surface area contributed by atoms with Crippen LogP contribution in [0, 0.1) is 13.8 Å². The van der Waals surface area contributed by atoms with Gasteiger partial charge in [-0.2, -0.15) is 0 Å². The molecule has 1 aromatic heterocycles. The Kier molecular flexibility index (Phi) is 6.05. The Morgan fingerprint density at radius 2 is 1.56 bits per heavy atom. The number of ketones is 2. The molecule has 27 heavy (non-hydrogen) atoms. The summed E-state index contributed by atoms with van der Waals surface area (Å²) in [4.78, 5) is 40.0. The maximum absolute atomic E-state index is 12.7. The van der Waals surface area contributed by atoms with Gasteiger partial charge >= 0.3 is 5.97 Å². The lowest BCUT2D eigenvalue weighted by molar-refractivity contribution is 0.0311. The Hall–Kier alpha value is -3.09. The van der Waals surface area contributed by atoms with Crippen LogP contribution in [-0.4, -0.2) is 42.8 Å². The largest absolute Gasteiger partial charge is 0.496 e. The summed E-state index contributed by atoms with van der Waals surface area (Å²) in [5.41, 5.74) is 1.98. The van der Waals surface area contributed by atoms with Gasteiger partial charge in [0.15, 0.2) is 11.9 Å². The third-order valence-electron chi connectivity index (χ3n) is 4.32. The second-order valence-corrected chi connectivity index (χ2v) is 6.13. The van der Waals surface area contributed by atoms with E-state index in [9.17, 15) is 14.4 Å². The summed E-state index contributed by atoms with van der Waals surface area (Å²) >= 11 is 0. The van der Waals surface area contributed by atoms with Crippen molar-refractivity contribution in [2.24, 2.45) is 0 Å². The molecule has 7 nitrogen and oxygen atoms in total. The lowest BCUT2D eigenvalue weighted by Gasteiger charge is -2.15. The van der Waals surface area contributed by atoms with Crippen molar-refractivity contribution in [3.05, 3.63) is 46.3 Å². The number of methoxy groups -OCH3 is 2. The van der Waals surface area contributed by atoms with Crippen LogP contribution in [0.1, 0.15) is 56.3 Å². The second kappa shape index (κ2) is 8.07. The number of hydrogen-bond donors (Lipinski definition) is 1. The molecular formula is C20H23NO6. The van der Waals surface area contributed by atoms with E-state index in [0.717, 1.165) is 0 Å². The summed E-state index contributed by atoms with van der Waals surface area (Å²) < 4.78 is 15.7. The van der Waals surface area contributed by atoms with Gasteiger partial charge in [0.2, 0.25) is 5.78 Å². The van der Waals surface area contributed by atoms with Gasteiger partial charge in [0.05, 0.1) is 19.9 Å². The number of Topliss-reactive ketones (excluding diaryl/α,β-unsaturated/α-hetero) is 2. The molecule has 1 heterocycles. The number of aryl methyl sites for hydroxylation is 1. The van der Waals surface area contributed by atoms with Crippen molar-refractivity contribution in [1.82, 2.24) is 4.98 Å². The minimum Gasteiger partial charge on any atom is -0.496 e. The normalized spacial score (nSPS) is 11.6. The maximum atomic E-state index is 12.7. The van der Waals surface area contributed by atoms with Crippen LogP contribution in [-0.2, 0) is 4.74 Å². The number of nitrogens with one attached hydrogen (secondary N) is 1. The van der Waals surface area contributed by atoms with Gasteiger partial charge in [0, 0.05) is 11.3 Å². The van der Waals surface area contributed by atoms with Gasteiger partial charge in [0.1, 0.15) is 17.1 Å². The molecule has 0 fully saturated rings. The zero-order valence-corrected chi connectivity index (χ0v) is 16.3. The molecule has 7 heteroatoms. The molecule has 0 spiro atoms. The third kappa shape index (κ3) is 3.86. The molecule has 0 radical (unpaired) electrons. The molecule has 2 rings (SSSR count). The molecule has 0 aliphatic heterocycles. The van der Waals surface area contributed by atoms with Gasteiger partial charge in [-0.25, -0.2) is 4.79 Å². The number of rotatable bonds is 7. The molecule has 0 saturated heterocycles. The summed E-state index contributed by atoms with van der Waals surface area (Å²) in [5, 5.41) is 0. The summed E-state index contributed by atoms with van der Waals surface area (Å²) in [7, 11) is 2.85. The van der Waals surface area contributed by atoms with Gasteiger partial charge in [-0.15, -0.1) is 0 Å². The van der Waals surface area contributed by atoms with Crippen molar-refractivity contribution in [3.63, 3.8) is 0 Å². The molecule has 0 aliphatic rings. The number of carbonyl (C=O) groups excluding carboxylic acids is 3. The van der Waals surface area contributed by atoms with Crippen molar-refractivity contribution in [3.8, 4) is 11.5 Å². The predicted molar refractivity (Wildman–Crippen MR) is 99.0 cm³/mol. The quantitative estimate of drug-likeness (QED) is 0.591. The SMILES string of the molecule is COc1cccc(OC)c1C(=O)O[C@@H](C)C(=O)c1[nH]c(C)c(C(C)=O)c1C. The molecule has 144 valence electrons. The second-order valence-electron chi connectivity index (χ2n) is 6.13. The van der Waals surface area contributed by atoms with Crippen LogP contribution in [0.5, 0.6) is 11.5 Å². The Morgan fingerprint density at radius 3 is 2.00 bits per heavy atom. The Balaban J connectivity index is 2.29. The highest BCUT2D eigenvalue weighted by atomic mass is 16.6. The smallest absolute Gasteiger partial charge is 0.346 e. The number of hydrogen-bond acceptors (Lipinski definition) is 6. The van der Waals surface area contributed by atoms with E-state index in [2.05, 4.69) is 4.98 Å². The van der Waals surface area contributed by atoms with Gasteiger partial charge in [-0.05, 0) is 45.4 Å². The van der Waals surface area contributed by atoms with Gasteiger partial charge < -0.3 is 19.2 Å². The van der Waals surface area contributed by atoms with Crippen LogP contribution in [0.25, 0.3) is 0 Å². The van der Waals surface area contributed by atoms with Crippen LogP contribution in [0.3, 0.4) is 0 Å². The first-order valence-electron chi connectivity index (χ1n) is 8.39. The zero-order chi connectivity index (χ0) is 20.3. The lowest BCUT2D eigenvalue weighted by Crippen LogP contribution is -2.26. The first kappa shape index (κ1) is 20.2. The van der Waals surface area contributed by atoms with Crippen molar-refractivity contribution in [2.45, 2.75) is 33.8 Å². The number of esters is 1. The topological polar surface area (TPSA) is 94.7 Å². The average molecular weight is 373 g/mol. The van der Waals surface area contributed by atoms with Crippen molar-refractivity contribution in [1.29, 1.82) is 0 Å².